The Morgan fingerprint density at radius 1 is 1.00 bits per heavy atom. The van der Waals surface area contributed by atoms with E-state index in [9.17, 15) is 14.7 Å². The van der Waals surface area contributed by atoms with Gasteiger partial charge in [-0.2, -0.15) is 5.10 Å². The van der Waals surface area contributed by atoms with Crippen molar-refractivity contribution in [1.82, 2.24) is 14.8 Å². The number of hydrogen-bond acceptors (Lipinski definition) is 5. The van der Waals surface area contributed by atoms with Gasteiger partial charge >= 0.3 is 5.97 Å². The molecule has 2 N–H and O–H groups in total. The molecule has 0 aliphatic heterocycles. The zero-order chi connectivity index (χ0) is 27.3. The second-order valence-electron chi connectivity index (χ2n) is 9.65. The number of nitrogens with one attached hydrogen (secondary N) is 1. The first-order chi connectivity index (χ1) is 18.1. The SMILES string of the molecule is CC(C)(C)[Si]OC(c1ccccc1)(c1ccccc1)c1cc(C(=O)O)nn1CC(=O)Nc1ccc(Cl)cn1. The number of carbonyl (C=O) groups is 2. The average molecular weight is 547 g/mol. The predicted octanol–water partition coefficient (Wildman–Crippen LogP) is 5.41. The maximum absolute atomic E-state index is 13.1. The molecule has 10 heteroatoms. The van der Waals surface area contributed by atoms with E-state index in [2.05, 4.69) is 36.2 Å². The smallest absolute Gasteiger partial charge is 0.356 e. The monoisotopic (exact) mass is 546 g/mol. The molecule has 0 saturated heterocycles. The molecule has 0 saturated carbocycles. The largest absolute Gasteiger partial charge is 0.476 e. The van der Waals surface area contributed by atoms with Crippen LogP contribution in [0.25, 0.3) is 0 Å². The van der Waals surface area contributed by atoms with Crippen LogP contribution in [0.1, 0.15) is 48.1 Å². The Kier molecular flexibility index (Phi) is 8.10. The van der Waals surface area contributed by atoms with Crippen molar-refractivity contribution < 1.29 is 19.1 Å². The van der Waals surface area contributed by atoms with Crippen LogP contribution in [0.15, 0.2) is 85.1 Å². The Morgan fingerprint density at radius 3 is 2.11 bits per heavy atom. The summed E-state index contributed by atoms with van der Waals surface area (Å²) in [5.74, 6) is -1.33. The number of rotatable bonds is 9. The third-order valence-electron chi connectivity index (χ3n) is 5.52. The van der Waals surface area contributed by atoms with E-state index in [4.69, 9.17) is 16.0 Å². The van der Waals surface area contributed by atoms with Crippen molar-refractivity contribution in [2.75, 3.05) is 5.32 Å². The van der Waals surface area contributed by atoms with Crippen molar-refractivity contribution in [3.8, 4) is 0 Å². The first-order valence-corrected chi connectivity index (χ1v) is 13.2. The van der Waals surface area contributed by atoms with Gasteiger partial charge in [-0.25, -0.2) is 9.78 Å². The molecule has 2 aromatic carbocycles. The molecule has 0 unspecified atom stereocenters. The van der Waals surface area contributed by atoms with Crippen LogP contribution in [0.2, 0.25) is 10.1 Å². The zero-order valence-electron chi connectivity index (χ0n) is 21.2. The molecule has 0 aliphatic rings. The molecule has 194 valence electrons. The van der Waals surface area contributed by atoms with Crippen molar-refractivity contribution >= 4 is 39.1 Å². The lowest BCUT2D eigenvalue weighted by molar-refractivity contribution is -0.117. The molecule has 2 aromatic heterocycles. The highest BCUT2D eigenvalue weighted by Crippen LogP contribution is 2.42. The van der Waals surface area contributed by atoms with Crippen LogP contribution < -0.4 is 5.32 Å². The van der Waals surface area contributed by atoms with E-state index in [1.165, 1.54) is 16.9 Å². The summed E-state index contributed by atoms with van der Waals surface area (Å²) in [6.45, 7) is 5.94. The standard InChI is InChI=1S/C28H27ClN4O4Si/c1-27(2,3)38-37-28(19-10-6-4-7-11-19,20-12-8-5-9-13-20)23-16-22(26(35)36)32-33(23)18-25(34)31-24-15-14-21(29)17-30-24/h4-17H,18H2,1-3H3,(H,35,36)(H,30,31,34). The second kappa shape index (κ2) is 11.3. The first kappa shape index (κ1) is 27.2. The minimum Gasteiger partial charge on any atom is -0.476 e. The molecule has 0 atom stereocenters. The van der Waals surface area contributed by atoms with Crippen LogP contribution in [-0.2, 0) is 21.4 Å². The quantitative estimate of drug-likeness (QED) is 0.272. The fraction of sp³-hybridized carbons (Fsp3) is 0.214. The van der Waals surface area contributed by atoms with E-state index in [0.717, 1.165) is 11.1 Å². The molecule has 0 bridgehead atoms. The zero-order valence-corrected chi connectivity index (χ0v) is 22.9. The molecule has 0 fully saturated rings. The van der Waals surface area contributed by atoms with E-state index in [0.29, 0.717) is 16.5 Å². The number of carboxylic acid groups (broad SMARTS) is 1. The number of aromatic nitrogens is 3. The van der Waals surface area contributed by atoms with Crippen LogP contribution in [0.4, 0.5) is 5.82 Å². The Morgan fingerprint density at radius 2 is 1.61 bits per heavy atom. The van der Waals surface area contributed by atoms with Crippen molar-refractivity contribution in [3.63, 3.8) is 0 Å². The lowest BCUT2D eigenvalue weighted by Gasteiger charge is -2.37. The Labute approximate surface area is 228 Å². The summed E-state index contributed by atoms with van der Waals surface area (Å²) in [6.07, 6.45) is 1.43. The van der Waals surface area contributed by atoms with Crippen LogP contribution in [-0.4, -0.2) is 41.5 Å². The Balaban J connectivity index is 1.88. The summed E-state index contributed by atoms with van der Waals surface area (Å²) in [7, 11) is 0.0305. The van der Waals surface area contributed by atoms with Gasteiger partial charge in [-0.15, -0.1) is 0 Å². The van der Waals surface area contributed by atoms with Gasteiger partial charge in [0, 0.05) is 6.20 Å². The van der Waals surface area contributed by atoms with Gasteiger partial charge in [0.2, 0.25) is 15.7 Å². The van der Waals surface area contributed by atoms with E-state index >= 15 is 0 Å². The summed E-state index contributed by atoms with van der Waals surface area (Å²) in [5.41, 5.74) is 0.537. The molecule has 4 rings (SSSR count). The molecular formula is C28H27ClN4O4Si. The third-order valence-corrected chi connectivity index (χ3v) is 6.76. The van der Waals surface area contributed by atoms with Crippen LogP contribution in [0.5, 0.6) is 0 Å². The minimum atomic E-state index is -1.24. The molecule has 8 nitrogen and oxygen atoms in total. The molecule has 0 aliphatic carbocycles. The number of hydrogen-bond donors (Lipinski definition) is 2. The number of carbonyl (C=O) groups excluding carboxylic acids is 1. The van der Waals surface area contributed by atoms with Gasteiger partial charge in [0.05, 0.1) is 10.7 Å². The van der Waals surface area contributed by atoms with Gasteiger partial charge in [0.25, 0.3) is 0 Å². The summed E-state index contributed by atoms with van der Waals surface area (Å²) in [4.78, 5) is 29.2. The highest BCUT2D eigenvalue weighted by atomic mass is 35.5. The third kappa shape index (κ3) is 6.19. The van der Waals surface area contributed by atoms with Crippen LogP contribution in [0, 0.1) is 0 Å². The predicted molar refractivity (Wildman–Crippen MR) is 146 cm³/mol. The minimum absolute atomic E-state index is 0.0305. The first-order valence-electron chi connectivity index (χ1n) is 11.9. The molecule has 2 heterocycles. The van der Waals surface area contributed by atoms with E-state index in [-0.39, 0.29) is 27.0 Å². The van der Waals surface area contributed by atoms with Crippen LogP contribution in [0.3, 0.4) is 0 Å². The van der Waals surface area contributed by atoms with Crippen molar-refractivity contribution in [3.05, 3.63) is 113 Å². The van der Waals surface area contributed by atoms with Gasteiger partial charge in [0.1, 0.15) is 18.0 Å². The molecule has 38 heavy (non-hydrogen) atoms. The number of aromatic carboxylic acids is 1. The maximum atomic E-state index is 13.1. The number of nitrogens with zero attached hydrogens (tertiary/aromatic N) is 3. The van der Waals surface area contributed by atoms with E-state index in [1.807, 2.05) is 60.7 Å². The normalized spacial score (nSPS) is 11.8. The molecule has 0 spiro atoms. The summed E-state index contributed by atoms with van der Waals surface area (Å²) in [5, 5.41) is 17.1. The number of benzene rings is 2. The fourth-order valence-corrected chi connectivity index (χ4v) is 4.81. The highest BCUT2D eigenvalue weighted by Gasteiger charge is 2.42. The highest BCUT2D eigenvalue weighted by molar-refractivity contribution is 6.32. The summed E-state index contributed by atoms with van der Waals surface area (Å²) >= 11 is 5.90. The van der Waals surface area contributed by atoms with Gasteiger partial charge < -0.3 is 14.8 Å². The lowest BCUT2D eigenvalue weighted by Crippen LogP contribution is -2.39. The van der Waals surface area contributed by atoms with Gasteiger partial charge in [-0.1, -0.05) is 93.0 Å². The number of carboxylic acids is 1. The van der Waals surface area contributed by atoms with Gasteiger partial charge in [-0.05, 0) is 34.4 Å². The van der Waals surface area contributed by atoms with Crippen molar-refractivity contribution in [1.29, 1.82) is 0 Å². The Bertz CT molecular complexity index is 1370. The summed E-state index contributed by atoms with van der Waals surface area (Å²) in [6, 6.07) is 23.8. The average Bonchev–Trinajstić information content (AvgIpc) is 3.31. The van der Waals surface area contributed by atoms with E-state index < -0.39 is 17.5 Å². The molecule has 4 aromatic rings. The lowest BCUT2D eigenvalue weighted by atomic mass is 9.83. The summed E-state index contributed by atoms with van der Waals surface area (Å²) < 4.78 is 8.21. The second-order valence-corrected chi connectivity index (χ2v) is 12.0. The topological polar surface area (TPSA) is 106 Å². The van der Waals surface area contributed by atoms with Crippen LogP contribution >= 0.6 is 11.6 Å². The van der Waals surface area contributed by atoms with Gasteiger partial charge in [-0.3, -0.25) is 9.48 Å². The Hall–Kier alpha value is -3.79. The molecule has 2 radical (unpaired) electrons. The molecular weight excluding hydrogens is 520 g/mol. The fourth-order valence-electron chi connectivity index (χ4n) is 3.90. The van der Waals surface area contributed by atoms with Gasteiger partial charge in [0.15, 0.2) is 5.69 Å². The number of halogens is 1. The number of amides is 1. The number of anilines is 1. The molecule has 1 amide bonds. The van der Waals surface area contributed by atoms with Crippen molar-refractivity contribution in [2.24, 2.45) is 0 Å². The van der Waals surface area contributed by atoms with Crippen molar-refractivity contribution in [2.45, 2.75) is 38.0 Å². The maximum Gasteiger partial charge on any atom is 0.356 e. The number of pyridine rings is 1. The van der Waals surface area contributed by atoms with E-state index in [1.54, 1.807) is 12.1 Å².